The van der Waals surface area contributed by atoms with E-state index in [-0.39, 0.29) is 26.1 Å². The zero-order valence-corrected chi connectivity index (χ0v) is 13.4. The third-order valence-electron chi connectivity index (χ3n) is 3.28. The molecule has 0 aliphatic rings. The predicted molar refractivity (Wildman–Crippen MR) is 85.2 cm³/mol. The molecule has 0 unspecified atom stereocenters. The zero-order chi connectivity index (χ0) is 17.3. The van der Waals surface area contributed by atoms with Crippen LogP contribution in [0.1, 0.15) is 32.1 Å². The monoisotopic (exact) mass is 362 g/mol. The van der Waals surface area contributed by atoms with Crippen molar-refractivity contribution in [3.63, 3.8) is 0 Å². The molecule has 0 saturated carbocycles. The molecular formula is C16H8Cl2N2O4. The second-order valence-corrected chi connectivity index (χ2v) is 5.56. The molecule has 0 atom stereocenters. The fourth-order valence-corrected chi connectivity index (χ4v) is 2.58. The van der Waals surface area contributed by atoms with Crippen LogP contribution in [0.4, 0.5) is 0 Å². The number of rotatable bonds is 4. The number of hydrogen-bond donors (Lipinski definition) is 0. The van der Waals surface area contributed by atoms with Gasteiger partial charge in [0.25, 0.3) is 11.4 Å². The highest BCUT2D eigenvalue weighted by Gasteiger charge is 2.34. The Morgan fingerprint density at radius 3 is 1.96 bits per heavy atom. The van der Waals surface area contributed by atoms with Crippen molar-refractivity contribution in [3.8, 4) is 0 Å². The molecule has 0 spiro atoms. The minimum atomic E-state index is -0.771. The van der Waals surface area contributed by atoms with Crippen LogP contribution in [0.15, 0.2) is 53.2 Å². The molecular weight excluding hydrogens is 355 g/mol. The zero-order valence-electron chi connectivity index (χ0n) is 11.9. The number of carbonyl (C=O) groups excluding carboxylic acids is 2. The summed E-state index contributed by atoms with van der Waals surface area (Å²) in [5.41, 5.74) is -0.822. The van der Waals surface area contributed by atoms with Crippen molar-refractivity contribution >= 4 is 34.8 Å². The highest BCUT2D eigenvalue weighted by molar-refractivity contribution is 6.36. The van der Waals surface area contributed by atoms with E-state index in [2.05, 4.69) is 9.79 Å². The lowest BCUT2D eigenvalue weighted by Crippen LogP contribution is -2.33. The molecule has 24 heavy (non-hydrogen) atoms. The van der Waals surface area contributed by atoms with Crippen LogP contribution in [-0.4, -0.2) is 16.7 Å². The van der Waals surface area contributed by atoms with Crippen molar-refractivity contribution in [1.82, 2.24) is 5.16 Å². The van der Waals surface area contributed by atoms with E-state index >= 15 is 0 Å². The van der Waals surface area contributed by atoms with E-state index in [9.17, 15) is 14.8 Å². The number of aromatic nitrogens is 2. The molecule has 0 N–H and O–H groups in total. The second-order valence-electron chi connectivity index (χ2n) is 4.75. The average molecular weight is 363 g/mol. The van der Waals surface area contributed by atoms with E-state index in [1.165, 1.54) is 24.3 Å². The summed E-state index contributed by atoms with van der Waals surface area (Å²) in [6.45, 7) is 0. The van der Waals surface area contributed by atoms with Crippen LogP contribution in [0.2, 0.25) is 10.0 Å². The number of hydrogen-bond acceptors (Lipinski definition) is 5. The van der Waals surface area contributed by atoms with E-state index in [1.807, 2.05) is 0 Å². The van der Waals surface area contributed by atoms with Gasteiger partial charge in [0.1, 0.15) is 0 Å². The normalized spacial score (nSPS) is 10.6. The van der Waals surface area contributed by atoms with Crippen LogP contribution in [0, 0.1) is 5.21 Å². The Labute approximate surface area is 145 Å². The first-order valence-electron chi connectivity index (χ1n) is 6.69. The Morgan fingerprint density at radius 2 is 1.42 bits per heavy atom. The molecule has 0 bridgehead atoms. The van der Waals surface area contributed by atoms with Gasteiger partial charge in [-0.25, -0.2) is 0 Å². The summed E-state index contributed by atoms with van der Waals surface area (Å²) >= 11 is 12.0. The van der Waals surface area contributed by atoms with E-state index < -0.39 is 23.0 Å². The molecule has 0 radical (unpaired) electrons. The number of halogens is 2. The van der Waals surface area contributed by atoms with Crippen molar-refractivity contribution in [2.75, 3.05) is 0 Å². The van der Waals surface area contributed by atoms with Crippen molar-refractivity contribution < 1.29 is 19.1 Å². The second kappa shape index (κ2) is 6.43. The Bertz CT molecular complexity index is 953. The topological polar surface area (TPSA) is 87.1 Å². The van der Waals surface area contributed by atoms with Gasteiger partial charge in [-0.1, -0.05) is 47.5 Å². The molecule has 1 heterocycles. The molecule has 120 valence electrons. The lowest BCUT2D eigenvalue weighted by molar-refractivity contribution is -0.803. The molecule has 0 amide bonds. The molecule has 0 aliphatic heterocycles. The molecule has 0 fully saturated rings. The Hall–Kier alpha value is -2.70. The van der Waals surface area contributed by atoms with Crippen LogP contribution in [0.3, 0.4) is 0 Å². The fourth-order valence-electron chi connectivity index (χ4n) is 2.13. The minimum Gasteiger partial charge on any atom is -0.359 e. The van der Waals surface area contributed by atoms with Crippen molar-refractivity contribution in [1.29, 1.82) is 0 Å². The Kier molecular flexibility index (Phi) is 4.33. The largest absolute Gasteiger partial charge is 0.359 e. The molecule has 2 aromatic carbocycles. The van der Waals surface area contributed by atoms with Gasteiger partial charge in [-0.2, -0.15) is 0 Å². The highest BCUT2D eigenvalue weighted by atomic mass is 35.5. The standard InChI is InChI=1S/C16H8Cl2N2O4/c17-11-7-3-1-5-9(11)15(21)13-14(20(23)24-19-13)16(22)10-6-2-4-8-12(10)18/h1-8H. The first-order valence-corrected chi connectivity index (χ1v) is 7.44. The van der Waals surface area contributed by atoms with Gasteiger partial charge in [0.15, 0.2) is 0 Å². The summed E-state index contributed by atoms with van der Waals surface area (Å²) in [6, 6.07) is 12.3. The van der Waals surface area contributed by atoms with E-state index in [1.54, 1.807) is 24.3 Å². The Balaban J connectivity index is 2.10. The van der Waals surface area contributed by atoms with Crippen LogP contribution >= 0.6 is 23.2 Å². The first-order chi connectivity index (χ1) is 11.5. The molecule has 0 saturated heterocycles. The molecule has 3 aromatic rings. The predicted octanol–water partition coefficient (Wildman–Crippen LogP) is 3.08. The van der Waals surface area contributed by atoms with Crippen molar-refractivity contribution in [2.45, 2.75) is 0 Å². The quantitative estimate of drug-likeness (QED) is 0.525. The van der Waals surface area contributed by atoms with Crippen molar-refractivity contribution in [3.05, 3.63) is 86.3 Å². The summed E-state index contributed by atoms with van der Waals surface area (Å²) in [6.07, 6.45) is 0. The summed E-state index contributed by atoms with van der Waals surface area (Å²) in [4.78, 5) is 25.1. The van der Waals surface area contributed by atoms with Crippen LogP contribution < -0.4 is 4.90 Å². The van der Waals surface area contributed by atoms with E-state index in [0.717, 1.165) is 0 Å². The van der Waals surface area contributed by atoms with Gasteiger partial charge in [-0.15, -0.1) is 0 Å². The summed E-state index contributed by atoms with van der Waals surface area (Å²) in [7, 11) is 0. The molecule has 1 aromatic heterocycles. The van der Waals surface area contributed by atoms with Gasteiger partial charge in [0, 0.05) is 11.1 Å². The molecule has 8 heteroatoms. The van der Waals surface area contributed by atoms with Gasteiger partial charge in [0.05, 0.1) is 15.2 Å². The number of benzene rings is 2. The number of ketones is 2. The van der Waals surface area contributed by atoms with Crippen LogP contribution in [-0.2, 0) is 0 Å². The van der Waals surface area contributed by atoms with Crippen LogP contribution in [0.25, 0.3) is 0 Å². The first kappa shape index (κ1) is 16.2. The van der Waals surface area contributed by atoms with Crippen LogP contribution in [0.5, 0.6) is 0 Å². The molecule has 3 rings (SSSR count). The lowest BCUT2D eigenvalue weighted by atomic mass is 10.0. The van der Waals surface area contributed by atoms with Gasteiger partial charge in [-0.3, -0.25) is 14.2 Å². The highest BCUT2D eigenvalue weighted by Crippen LogP contribution is 2.22. The lowest BCUT2D eigenvalue weighted by Gasteiger charge is -2.02. The third kappa shape index (κ3) is 2.77. The van der Waals surface area contributed by atoms with Crippen molar-refractivity contribution in [2.24, 2.45) is 0 Å². The smallest absolute Gasteiger partial charge is 0.300 e. The maximum atomic E-state index is 12.6. The van der Waals surface area contributed by atoms with Gasteiger partial charge >= 0.3 is 0 Å². The average Bonchev–Trinajstić information content (AvgIpc) is 2.96. The Morgan fingerprint density at radius 1 is 0.917 bits per heavy atom. The number of carbonyl (C=O) groups is 2. The third-order valence-corrected chi connectivity index (χ3v) is 3.94. The molecule has 0 aliphatic carbocycles. The van der Waals surface area contributed by atoms with Gasteiger partial charge in [0.2, 0.25) is 11.6 Å². The van der Waals surface area contributed by atoms with Gasteiger partial charge in [-0.05, 0) is 29.2 Å². The fraction of sp³-hybridized carbons (Fsp3) is 0. The number of nitrogens with zero attached hydrogens (tertiary/aromatic N) is 2. The maximum absolute atomic E-state index is 12.6. The summed E-state index contributed by atoms with van der Waals surface area (Å²) < 4.78 is 4.44. The van der Waals surface area contributed by atoms with Gasteiger partial charge < -0.3 is 5.21 Å². The molecule has 6 nitrogen and oxygen atoms in total. The minimum absolute atomic E-state index is 0.0557. The van der Waals surface area contributed by atoms with E-state index in [0.29, 0.717) is 0 Å². The summed E-state index contributed by atoms with van der Waals surface area (Å²) in [5, 5.41) is 15.5. The summed E-state index contributed by atoms with van der Waals surface area (Å²) in [5.74, 6) is -1.47. The van der Waals surface area contributed by atoms with E-state index in [4.69, 9.17) is 23.2 Å². The SMILES string of the molecule is O=C(c1ccccc1Cl)c1no[n+]([O-])c1C(=O)c1ccccc1Cl. The maximum Gasteiger partial charge on any atom is 0.300 e.